The minimum Gasteiger partial charge on any atom is -0.232 e. The predicted octanol–water partition coefficient (Wildman–Crippen LogP) is 5.91. The lowest BCUT2D eigenvalue weighted by atomic mass is 10.1. The number of hydrogen-bond donors (Lipinski definition) is 0. The van der Waals surface area contributed by atoms with Gasteiger partial charge in [0.1, 0.15) is 5.15 Å². The van der Waals surface area contributed by atoms with E-state index in [1.54, 1.807) is 18.2 Å². The molecule has 0 N–H and O–H groups in total. The van der Waals surface area contributed by atoms with Crippen molar-refractivity contribution in [3.63, 3.8) is 0 Å². The second-order valence-electron chi connectivity index (χ2n) is 4.85. The molecule has 0 saturated heterocycles. The monoisotopic (exact) mass is 440 g/mol. The van der Waals surface area contributed by atoms with Crippen LogP contribution in [-0.2, 0) is 6.42 Å². The Morgan fingerprint density at radius 2 is 1.65 bits per heavy atom. The summed E-state index contributed by atoms with van der Waals surface area (Å²) in [6.07, 6.45) is 0.849. The highest BCUT2D eigenvalue weighted by Crippen LogP contribution is 2.29. The largest absolute Gasteiger partial charge is 0.232 e. The fourth-order valence-electron chi connectivity index (χ4n) is 1.80. The molecule has 0 spiro atoms. The molecule has 0 aliphatic rings. The molecule has 2 rings (SSSR count). The molecule has 1 aromatic heterocycles. The van der Waals surface area contributed by atoms with Crippen LogP contribution in [0.25, 0.3) is 11.4 Å². The van der Waals surface area contributed by atoms with Gasteiger partial charge in [-0.2, -0.15) is 0 Å². The van der Waals surface area contributed by atoms with Gasteiger partial charge in [-0.1, -0.05) is 48.7 Å². The van der Waals surface area contributed by atoms with E-state index in [1.807, 2.05) is 0 Å². The SMILES string of the molecule is CC(C)Cc1nc(-c2cc(Cl)cc(Cl)c2)nc(Cl)c1I. The molecule has 0 fully saturated rings. The zero-order valence-corrected chi connectivity index (χ0v) is 15.3. The summed E-state index contributed by atoms with van der Waals surface area (Å²) in [6.45, 7) is 4.28. The highest BCUT2D eigenvalue weighted by molar-refractivity contribution is 14.1. The molecule has 0 bridgehead atoms. The van der Waals surface area contributed by atoms with Crippen molar-refractivity contribution >= 4 is 57.4 Å². The van der Waals surface area contributed by atoms with Gasteiger partial charge in [-0.15, -0.1) is 0 Å². The van der Waals surface area contributed by atoms with E-state index in [9.17, 15) is 0 Å². The average Bonchev–Trinajstić information content (AvgIpc) is 2.32. The van der Waals surface area contributed by atoms with Gasteiger partial charge in [-0.3, -0.25) is 0 Å². The molecule has 20 heavy (non-hydrogen) atoms. The van der Waals surface area contributed by atoms with E-state index in [0.717, 1.165) is 21.2 Å². The summed E-state index contributed by atoms with van der Waals surface area (Å²) in [5.74, 6) is 1.04. The minimum absolute atomic E-state index is 0.461. The van der Waals surface area contributed by atoms with E-state index in [1.165, 1.54) is 0 Å². The van der Waals surface area contributed by atoms with Crippen LogP contribution in [0.4, 0.5) is 0 Å². The van der Waals surface area contributed by atoms with Gasteiger partial charge in [-0.25, -0.2) is 9.97 Å². The molecule has 1 aromatic carbocycles. The maximum atomic E-state index is 6.21. The molecular formula is C14H12Cl3IN2. The van der Waals surface area contributed by atoms with Crippen molar-refractivity contribution in [1.82, 2.24) is 9.97 Å². The lowest BCUT2D eigenvalue weighted by molar-refractivity contribution is 0.632. The van der Waals surface area contributed by atoms with E-state index in [4.69, 9.17) is 34.8 Å². The van der Waals surface area contributed by atoms with Crippen LogP contribution in [0.3, 0.4) is 0 Å². The van der Waals surface area contributed by atoms with E-state index in [0.29, 0.717) is 26.9 Å². The van der Waals surface area contributed by atoms with Crippen molar-refractivity contribution in [1.29, 1.82) is 0 Å². The first-order chi connectivity index (χ1) is 9.36. The molecule has 6 heteroatoms. The molecule has 106 valence electrons. The molecular weight excluding hydrogens is 429 g/mol. The number of benzene rings is 1. The topological polar surface area (TPSA) is 25.8 Å². The Kier molecular flexibility index (Phi) is 5.51. The van der Waals surface area contributed by atoms with Crippen molar-refractivity contribution in [3.05, 3.63) is 42.7 Å². The minimum atomic E-state index is 0.461. The van der Waals surface area contributed by atoms with Gasteiger partial charge in [0.05, 0.1) is 9.26 Å². The Balaban J connectivity index is 2.54. The molecule has 2 nitrogen and oxygen atoms in total. The van der Waals surface area contributed by atoms with Crippen LogP contribution in [0, 0.1) is 9.49 Å². The van der Waals surface area contributed by atoms with E-state index in [-0.39, 0.29) is 0 Å². The Morgan fingerprint density at radius 3 is 2.20 bits per heavy atom. The summed E-state index contributed by atoms with van der Waals surface area (Å²) in [6, 6.07) is 5.24. The molecule has 0 aliphatic carbocycles. The molecule has 0 radical (unpaired) electrons. The molecule has 0 aliphatic heterocycles. The van der Waals surface area contributed by atoms with Gasteiger partial charge in [0.15, 0.2) is 5.82 Å². The summed E-state index contributed by atoms with van der Waals surface area (Å²) in [5.41, 5.74) is 1.72. The van der Waals surface area contributed by atoms with Crippen LogP contribution >= 0.6 is 57.4 Å². The molecule has 1 heterocycles. The standard InChI is InChI=1S/C14H12Cl3IN2/c1-7(2)3-11-12(18)13(17)20-14(19-11)8-4-9(15)6-10(16)5-8/h4-7H,3H2,1-2H3. The summed E-state index contributed by atoms with van der Waals surface area (Å²) in [5, 5.41) is 1.56. The third kappa shape index (κ3) is 3.97. The quantitative estimate of drug-likeness (QED) is 0.437. The second-order valence-corrected chi connectivity index (χ2v) is 7.16. The number of nitrogens with zero attached hydrogens (tertiary/aromatic N) is 2. The van der Waals surface area contributed by atoms with Crippen LogP contribution in [0.15, 0.2) is 18.2 Å². The zero-order chi connectivity index (χ0) is 14.9. The van der Waals surface area contributed by atoms with Crippen molar-refractivity contribution in [3.8, 4) is 11.4 Å². The fraction of sp³-hybridized carbons (Fsp3) is 0.286. The van der Waals surface area contributed by atoms with Crippen molar-refractivity contribution in [2.24, 2.45) is 5.92 Å². The molecule has 0 saturated carbocycles. The highest BCUT2D eigenvalue weighted by atomic mass is 127. The lowest BCUT2D eigenvalue weighted by Gasteiger charge is -2.10. The number of aromatic nitrogens is 2. The van der Waals surface area contributed by atoms with Crippen molar-refractivity contribution in [2.75, 3.05) is 0 Å². The summed E-state index contributed by atoms with van der Waals surface area (Å²) in [4.78, 5) is 8.93. The van der Waals surface area contributed by atoms with Crippen LogP contribution in [0.1, 0.15) is 19.5 Å². The number of hydrogen-bond acceptors (Lipinski definition) is 2. The Morgan fingerprint density at radius 1 is 1.05 bits per heavy atom. The zero-order valence-electron chi connectivity index (χ0n) is 10.9. The van der Waals surface area contributed by atoms with Crippen LogP contribution in [0.2, 0.25) is 15.2 Å². The molecule has 0 amide bonds. The van der Waals surface area contributed by atoms with Gasteiger partial charge < -0.3 is 0 Å². The van der Waals surface area contributed by atoms with Gasteiger partial charge >= 0.3 is 0 Å². The normalized spacial score (nSPS) is 11.2. The van der Waals surface area contributed by atoms with Crippen LogP contribution < -0.4 is 0 Å². The third-order valence-corrected chi connectivity index (χ3v) is 4.76. The summed E-state index contributed by atoms with van der Waals surface area (Å²) >= 11 is 20.4. The molecule has 0 atom stereocenters. The van der Waals surface area contributed by atoms with E-state index < -0.39 is 0 Å². The lowest BCUT2D eigenvalue weighted by Crippen LogP contribution is -2.04. The number of halogens is 4. The summed E-state index contributed by atoms with van der Waals surface area (Å²) in [7, 11) is 0. The van der Waals surface area contributed by atoms with Gasteiger partial charge in [0.2, 0.25) is 0 Å². The predicted molar refractivity (Wildman–Crippen MR) is 93.8 cm³/mol. The first kappa shape index (κ1) is 16.3. The number of rotatable bonds is 3. The third-order valence-electron chi connectivity index (χ3n) is 2.60. The van der Waals surface area contributed by atoms with E-state index >= 15 is 0 Å². The Hall–Kier alpha value is -0.100. The van der Waals surface area contributed by atoms with Gasteiger partial charge in [-0.05, 0) is 53.1 Å². The average molecular weight is 442 g/mol. The second kappa shape index (κ2) is 6.77. The van der Waals surface area contributed by atoms with Crippen LogP contribution in [0.5, 0.6) is 0 Å². The van der Waals surface area contributed by atoms with Crippen molar-refractivity contribution < 1.29 is 0 Å². The maximum Gasteiger partial charge on any atom is 0.161 e. The Bertz CT molecular complexity index is 624. The van der Waals surface area contributed by atoms with Crippen LogP contribution in [-0.4, -0.2) is 9.97 Å². The first-order valence-corrected chi connectivity index (χ1v) is 8.26. The maximum absolute atomic E-state index is 6.21. The Labute approximate surface area is 147 Å². The first-order valence-electron chi connectivity index (χ1n) is 6.05. The highest BCUT2D eigenvalue weighted by Gasteiger charge is 2.14. The van der Waals surface area contributed by atoms with Gasteiger partial charge in [0.25, 0.3) is 0 Å². The van der Waals surface area contributed by atoms with E-state index in [2.05, 4.69) is 46.4 Å². The van der Waals surface area contributed by atoms with Gasteiger partial charge in [0, 0.05) is 15.6 Å². The smallest absolute Gasteiger partial charge is 0.161 e. The molecule has 0 unspecified atom stereocenters. The van der Waals surface area contributed by atoms with Crippen molar-refractivity contribution in [2.45, 2.75) is 20.3 Å². The molecule has 2 aromatic rings. The fourth-order valence-corrected chi connectivity index (χ4v) is 2.97. The summed E-state index contributed by atoms with van der Waals surface area (Å²) < 4.78 is 0.898.